The molecule has 0 N–H and O–H groups in total. The second-order valence-electron chi connectivity index (χ2n) is 13.6. The number of benzene rings is 8. The summed E-state index contributed by atoms with van der Waals surface area (Å²) in [7, 11) is 0. The van der Waals surface area contributed by atoms with Gasteiger partial charge in [0.1, 0.15) is 0 Å². The van der Waals surface area contributed by atoms with E-state index in [2.05, 4.69) is 154 Å². The van der Waals surface area contributed by atoms with Gasteiger partial charge >= 0.3 is 0 Å². The van der Waals surface area contributed by atoms with E-state index in [1.54, 1.807) is 0 Å². The molecule has 0 bridgehead atoms. The van der Waals surface area contributed by atoms with Gasteiger partial charge in [-0.3, -0.25) is 0 Å². The van der Waals surface area contributed by atoms with Gasteiger partial charge in [0.15, 0.2) is 5.69 Å². The zero-order chi connectivity index (χ0) is 36.2. The lowest BCUT2D eigenvalue weighted by Crippen LogP contribution is -1.96. The first kappa shape index (κ1) is 31.1. The van der Waals surface area contributed by atoms with Gasteiger partial charge in [-0.2, -0.15) is 5.26 Å². The third kappa shape index (κ3) is 5.06. The SMILES string of the molecule is [C-]#[N+]c1ccc(-c2cc(-c3ccc(C#N)cc3)cc(-n3c4ccccc4c4cc(-c5ccc6c(c5)c5ccccc5n6-c5ccccc5)ccc43)c2)cc1. The van der Waals surface area contributed by atoms with Crippen LogP contribution in [0.25, 0.3) is 93.2 Å². The van der Waals surface area contributed by atoms with Crippen molar-refractivity contribution < 1.29 is 0 Å². The van der Waals surface area contributed by atoms with Crippen LogP contribution in [-0.4, -0.2) is 9.13 Å². The number of hydrogen-bond acceptors (Lipinski definition) is 1. The minimum atomic E-state index is 0.613. The van der Waals surface area contributed by atoms with Gasteiger partial charge < -0.3 is 9.13 Å². The maximum atomic E-state index is 9.45. The lowest BCUT2D eigenvalue weighted by atomic mass is 9.97. The van der Waals surface area contributed by atoms with Crippen LogP contribution in [0.4, 0.5) is 5.69 Å². The Hall–Kier alpha value is -7.66. The van der Waals surface area contributed by atoms with E-state index >= 15 is 0 Å². The smallest absolute Gasteiger partial charge is 0.187 e. The van der Waals surface area contributed by atoms with E-state index in [1.165, 1.54) is 38.1 Å². The lowest BCUT2D eigenvalue weighted by Gasteiger charge is -2.14. The van der Waals surface area contributed by atoms with Crippen LogP contribution in [0, 0.1) is 17.9 Å². The molecule has 0 atom stereocenters. The molecule has 10 aromatic rings. The minimum absolute atomic E-state index is 0.613. The highest BCUT2D eigenvalue weighted by Crippen LogP contribution is 2.40. The van der Waals surface area contributed by atoms with E-state index in [0.717, 1.165) is 50.2 Å². The molecule has 0 fully saturated rings. The van der Waals surface area contributed by atoms with Crippen LogP contribution >= 0.6 is 0 Å². The Morgan fingerprint density at radius 2 is 0.852 bits per heavy atom. The molecule has 0 saturated heterocycles. The molecule has 0 aliphatic heterocycles. The van der Waals surface area contributed by atoms with Crippen molar-refractivity contribution in [1.82, 2.24) is 9.13 Å². The molecule has 54 heavy (non-hydrogen) atoms. The van der Waals surface area contributed by atoms with E-state index in [9.17, 15) is 5.26 Å². The summed E-state index contributed by atoms with van der Waals surface area (Å²) < 4.78 is 4.71. The first-order chi connectivity index (χ1) is 26.7. The van der Waals surface area contributed by atoms with Crippen molar-refractivity contribution in [3.8, 4) is 50.8 Å². The first-order valence-corrected chi connectivity index (χ1v) is 17.9. The van der Waals surface area contributed by atoms with Crippen molar-refractivity contribution in [3.05, 3.63) is 199 Å². The zero-order valence-electron chi connectivity index (χ0n) is 29.1. The molecule has 2 heterocycles. The molecule has 0 radical (unpaired) electrons. The average molecular weight is 687 g/mol. The predicted octanol–water partition coefficient (Wildman–Crippen LogP) is 13.3. The van der Waals surface area contributed by atoms with E-state index < -0.39 is 0 Å². The first-order valence-electron chi connectivity index (χ1n) is 17.9. The van der Waals surface area contributed by atoms with Crippen LogP contribution in [-0.2, 0) is 0 Å². The second kappa shape index (κ2) is 12.5. The number of hydrogen-bond donors (Lipinski definition) is 0. The maximum absolute atomic E-state index is 9.45. The third-order valence-corrected chi connectivity index (χ3v) is 10.5. The number of fused-ring (bicyclic) bond motifs is 6. The molecule has 0 unspecified atom stereocenters. The van der Waals surface area contributed by atoms with Gasteiger partial charge in [-0.1, -0.05) is 103 Å². The largest absolute Gasteiger partial charge is 0.309 e. The summed E-state index contributed by atoms with van der Waals surface area (Å²) in [5.41, 5.74) is 14.5. The maximum Gasteiger partial charge on any atom is 0.187 e. The average Bonchev–Trinajstić information content (AvgIpc) is 3.76. The van der Waals surface area contributed by atoms with Crippen LogP contribution in [0.3, 0.4) is 0 Å². The fourth-order valence-electron chi connectivity index (χ4n) is 7.98. The van der Waals surface area contributed by atoms with Gasteiger partial charge in [0, 0.05) is 32.9 Å². The Morgan fingerprint density at radius 1 is 0.389 bits per heavy atom. The number of nitrogens with zero attached hydrogens (tertiary/aromatic N) is 4. The lowest BCUT2D eigenvalue weighted by molar-refractivity contribution is 1.18. The summed E-state index contributed by atoms with van der Waals surface area (Å²) in [6, 6.07) is 65.9. The molecule has 0 spiro atoms. The summed E-state index contributed by atoms with van der Waals surface area (Å²) in [6.45, 7) is 7.45. The van der Waals surface area contributed by atoms with Crippen LogP contribution in [0.5, 0.6) is 0 Å². The molecule has 2 aromatic heterocycles. The molecule has 4 nitrogen and oxygen atoms in total. The Labute approximate surface area is 312 Å². The predicted molar refractivity (Wildman–Crippen MR) is 222 cm³/mol. The molecule has 0 saturated carbocycles. The molecule has 0 aliphatic rings. The van der Waals surface area contributed by atoms with Crippen molar-refractivity contribution in [1.29, 1.82) is 5.26 Å². The van der Waals surface area contributed by atoms with Gasteiger partial charge in [-0.25, -0.2) is 4.85 Å². The van der Waals surface area contributed by atoms with Gasteiger partial charge in [0.25, 0.3) is 0 Å². The van der Waals surface area contributed by atoms with Gasteiger partial charge in [0.05, 0.1) is 40.3 Å². The summed E-state index contributed by atoms with van der Waals surface area (Å²) >= 11 is 0. The third-order valence-electron chi connectivity index (χ3n) is 10.5. The highest BCUT2D eigenvalue weighted by Gasteiger charge is 2.17. The summed E-state index contributed by atoms with van der Waals surface area (Å²) in [5.74, 6) is 0. The Bertz CT molecular complexity index is 3070. The molecule has 0 amide bonds. The fourth-order valence-corrected chi connectivity index (χ4v) is 7.98. The highest BCUT2D eigenvalue weighted by atomic mass is 15.0. The Kier molecular flexibility index (Phi) is 7.22. The standard InChI is InChI=1S/C50H30N4/c1-52-40-23-19-35(20-24-40)39-27-38(34-17-15-33(32-51)16-18-34)28-42(29-39)54-48-14-8-6-12-44(48)46-31-37(22-26-50(46)54)36-21-25-49-45(30-36)43-11-5-7-13-47(43)53(49)41-9-3-2-4-10-41/h2-31H. The van der Waals surface area contributed by atoms with Crippen molar-refractivity contribution in [2.75, 3.05) is 0 Å². The summed E-state index contributed by atoms with van der Waals surface area (Å²) in [6.07, 6.45) is 0. The highest BCUT2D eigenvalue weighted by molar-refractivity contribution is 6.12. The van der Waals surface area contributed by atoms with Crippen LogP contribution in [0.15, 0.2) is 182 Å². The van der Waals surface area contributed by atoms with E-state index in [-0.39, 0.29) is 0 Å². The normalized spacial score (nSPS) is 11.3. The molecule has 10 rings (SSSR count). The Balaban J connectivity index is 1.16. The van der Waals surface area contributed by atoms with Gasteiger partial charge in [0.2, 0.25) is 0 Å². The number of rotatable bonds is 5. The molecule has 8 aromatic carbocycles. The zero-order valence-corrected chi connectivity index (χ0v) is 29.1. The van der Waals surface area contributed by atoms with E-state index in [0.29, 0.717) is 11.3 Å². The fraction of sp³-hybridized carbons (Fsp3) is 0. The van der Waals surface area contributed by atoms with Crippen molar-refractivity contribution >= 4 is 49.3 Å². The van der Waals surface area contributed by atoms with Crippen LogP contribution in [0.1, 0.15) is 5.56 Å². The van der Waals surface area contributed by atoms with Gasteiger partial charge in [-0.15, -0.1) is 0 Å². The van der Waals surface area contributed by atoms with Crippen molar-refractivity contribution in [2.45, 2.75) is 0 Å². The second-order valence-corrected chi connectivity index (χ2v) is 13.6. The molecular formula is C50H30N4. The topological polar surface area (TPSA) is 38.0 Å². The monoisotopic (exact) mass is 686 g/mol. The molecule has 4 heteroatoms. The number of para-hydroxylation sites is 3. The van der Waals surface area contributed by atoms with Crippen molar-refractivity contribution in [2.24, 2.45) is 0 Å². The number of nitriles is 1. The van der Waals surface area contributed by atoms with Crippen LogP contribution < -0.4 is 0 Å². The molecular weight excluding hydrogens is 657 g/mol. The molecule has 250 valence electrons. The van der Waals surface area contributed by atoms with Crippen LogP contribution in [0.2, 0.25) is 0 Å². The van der Waals surface area contributed by atoms with Crippen molar-refractivity contribution in [3.63, 3.8) is 0 Å². The van der Waals surface area contributed by atoms with Gasteiger partial charge in [-0.05, 0) is 112 Å². The van der Waals surface area contributed by atoms with E-state index in [4.69, 9.17) is 6.57 Å². The summed E-state index contributed by atoms with van der Waals surface area (Å²) in [4.78, 5) is 3.60. The molecule has 0 aliphatic carbocycles. The van der Waals surface area contributed by atoms with E-state index in [1.807, 2.05) is 48.5 Å². The quantitative estimate of drug-likeness (QED) is 0.166. The minimum Gasteiger partial charge on any atom is -0.309 e. The summed E-state index contributed by atoms with van der Waals surface area (Å²) in [5, 5.41) is 14.3. The number of aromatic nitrogens is 2. The Morgan fingerprint density at radius 3 is 1.39 bits per heavy atom.